The van der Waals surface area contributed by atoms with Crippen molar-refractivity contribution in [2.24, 2.45) is 5.73 Å². The van der Waals surface area contributed by atoms with Gasteiger partial charge >= 0.3 is 10.4 Å². The molecule has 0 rings (SSSR count). The lowest BCUT2D eigenvalue weighted by Crippen LogP contribution is -2.42. The first kappa shape index (κ1) is 21.3. The van der Waals surface area contributed by atoms with Gasteiger partial charge in [-0.15, -0.1) is 0 Å². The average Bonchev–Trinajstić information content (AvgIpc) is 2.12. The molecular weight excluding hydrogens is 284 g/mol. The summed E-state index contributed by atoms with van der Waals surface area (Å²) in [5, 5.41) is 2.82. The molecule has 1 atom stereocenters. The van der Waals surface area contributed by atoms with Crippen LogP contribution in [0.5, 0.6) is 0 Å². The summed E-state index contributed by atoms with van der Waals surface area (Å²) >= 11 is 0. The highest BCUT2D eigenvalue weighted by atomic mass is 32.3. The molecule has 1 amide bonds. The first-order chi connectivity index (χ1) is 8.78. The Morgan fingerprint density at radius 3 is 2.15 bits per heavy atom. The zero-order valence-corrected chi connectivity index (χ0v) is 13.6. The SMILES string of the molecule is C=C(C)C(=O)NC(C)CC(C)(C)N.CCOS(=O)(=O)O. The highest BCUT2D eigenvalue weighted by Crippen LogP contribution is 2.07. The average molecular weight is 310 g/mol. The fraction of sp³-hybridized carbons (Fsp3) is 0.750. The molecule has 0 aliphatic carbocycles. The standard InChI is InChI=1S/C10H20N2O.C2H6O4S/c1-7(2)9(13)12-8(3)6-10(4,5)11;1-2-6-7(3,4)5/h8H,1,6,11H2,2-5H3,(H,12,13);2H2,1H3,(H,3,4,5). The number of hydrogen-bond donors (Lipinski definition) is 3. The Balaban J connectivity index is 0. The van der Waals surface area contributed by atoms with Gasteiger partial charge in [0, 0.05) is 17.2 Å². The minimum atomic E-state index is -4.17. The van der Waals surface area contributed by atoms with Gasteiger partial charge in [-0.25, -0.2) is 4.18 Å². The van der Waals surface area contributed by atoms with E-state index in [1.165, 1.54) is 6.92 Å². The van der Waals surface area contributed by atoms with Crippen molar-refractivity contribution in [2.45, 2.75) is 52.6 Å². The van der Waals surface area contributed by atoms with Gasteiger partial charge in [0.25, 0.3) is 0 Å². The van der Waals surface area contributed by atoms with Crippen LogP contribution in [0.25, 0.3) is 0 Å². The highest BCUT2D eigenvalue weighted by molar-refractivity contribution is 7.80. The lowest BCUT2D eigenvalue weighted by Gasteiger charge is -2.23. The number of nitrogens with two attached hydrogens (primary N) is 1. The Bertz CT molecular complexity index is 412. The largest absolute Gasteiger partial charge is 0.397 e. The van der Waals surface area contributed by atoms with Crippen LogP contribution in [0.2, 0.25) is 0 Å². The summed E-state index contributed by atoms with van der Waals surface area (Å²) < 4.78 is 30.7. The smallest absolute Gasteiger partial charge is 0.350 e. The summed E-state index contributed by atoms with van der Waals surface area (Å²) in [6.45, 7) is 12.5. The van der Waals surface area contributed by atoms with Gasteiger partial charge in [-0.1, -0.05) is 6.58 Å². The van der Waals surface area contributed by atoms with Crippen LogP contribution in [-0.4, -0.2) is 37.1 Å². The van der Waals surface area contributed by atoms with Gasteiger partial charge < -0.3 is 11.1 Å². The van der Waals surface area contributed by atoms with Gasteiger partial charge in [0.1, 0.15) is 0 Å². The zero-order valence-electron chi connectivity index (χ0n) is 12.8. The Morgan fingerprint density at radius 1 is 1.50 bits per heavy atom. The molecule has 1 unspecified atom stereocenters. The topological polar surface area (TPSA) is 119 Å². The van der Waals surface area contributed by atoms with E-state index >= 15 is 0 Å². The number of carbonyl (C=O) groups excluding carboxylic acids is 1. The van der Waals surface area contributed by atoms with E-state index in [-0.39, 0.29) is 24.1 Å². The van der Waals surface area contributed by atoms with Crippen molar-refractivity contribution in [3.8, 4) is 0 Å². The predicted molar refractivity (Wildman–Crippen MR) is 78.5 cm³/mol. The molecule has 0 radical (unpaired) electrons. The van der Waals surface area contributed by atoms with Crippen molar-refractivity contribution in [1.29, 1.82) is 0 Å². The fourth-order valence-electron chi connectivity index (χ4n) is 1.34. The van der Waals surface area contributed by atoms with Crippen molar-refractivity contribution >= 4 is 16.3 Å². The van der Waals surface area contributed by atoms with Crippen LogP contribution in [0, 0.1) is 0 Å². The third-order valence-electron chi connectivity index (χ3n) is 1.86. The van der Waals surface area contributed by atoms with Crippen molar-refractivity contribution in [1.82, 2.24) is 5.32 Å². The second-order valence-corrected chi connectivity index (χ2v) is 6.27. The molecule has 0 aromatic rings. The van der Waals surface area contributed by atoms with Crippen molar-refractivity contribution in [2.75, 3.05) is 6.61 Å². The minimum absolute atomic E-state index is 0.0289. The summed E-state index contributed by atoms with van der Waals surface area (Å²) in [7, 11) is -4.17. The predicted octanol–water partition coefficient (Wildman–Crippen LogP) is 1.02. The number of nitrogens with one attached hydrogen (secondary N) is 1. The van der Waals surface area contributed by atoms with E-state index in [0.29, 0.717) is 5.57 Å². The summed E-state index contributed by atoms with van der Waals surface area (Å²) in [6, 6.07) is 0.0872. The van der Waals surface area contributed by atoms with E-state index in [9.17, 15) is 13.2 Å². The van der Waals surface area contributed by atoms with Gasteiger partial charge in [-0.2, -0.15) is 8.42 Å². The third kappa shape index (κ3) is 17.0. The van der Waals surface area contributed by atoms with E-state index in [4.69, 9.17) is 10.3 Å². The first-order valence-corrected chi connectivity index (χ1v) is 7.52. The molecule has 0 aliphatic rings. The van der Waals surface area contributed by atoms with Crippen LogP contribution in [0.4, 0.5) is 0 Å². The quantitative estimate of drug-likeness (QED) is 0.498. The molecule has 0 saturated carbocycles. The van der Waals surface area contributed by atoms with Gasteiger partial charge in [0.05, 0.1) is 6.61 Å². The number of carbonyl (C=O) groups is 1. The maximum atomic E-state index is 11.2. The Labute approximate surface area is 121 Å². The molecule has 0 aromatic carbocycles. The van der Waals surface area contributed by atoms with E-state index in [2.05, 4.69) is 16.1 Å². The fourth-order valence-corrected chi connectivity index (χ4v) is 1.63. The highest BCUT2D eigenvalue weighted by Gasteiger charge is 2.16. The molecule has 7 nitrogen and oxygen atoms in total. The van der Waals surface area contributed by atoms with E-state index in [0.717, 1.165) is 6.42 Å². The third-order valence-corrected chi connectivity index (χ3v) is 2.40. The molecule has 0 aliphatic heterocycles. The summed E-state index contributed by atoms with van der Waals surface area (Å²) in [5.74, 6) is -0.100. The normalized spacial score (nSPS) is 12.9. The lowest BCUT2D eigenvalue weighted by atomic mass is 9.97. The number of hydrogen-bond acceptors (Lipinski definition) is 5. The second-order valence-electron chi connectivity index (χ2n) is 5.18. The summed E-state index contributed by atoms with van der Waals surface area (Å²) in [5.41, 5.74) is 6.10. The van der Waals surface area contributed by atoms with Crippen LogP contribution in [0.15, 0.2) is 12.2 Å². The maximum absolute atomic E-state index is 11.2. The summed E-state index contributed by atoms with van der Waals surface area (Å²) in [4.78, 5) is 11.2. The van der Waals surface area contributed by atoms with Gasteiger partial charge in [0.2, 0.25) is 5.91 Å². The molecule has 0 fully saturated rings. The van der Waals surface area contributed by atoms with Crippen LogP contribution in [0.1, 0.15) is 41.0 Å². The number of amides is 1. The molecule has 4 N–H and O–H groups in total. The Kier molecular flexibility index (Phi) is 9.67. The Hall–Kier alpha value is -0.960. The molecule has 20 heavy (non-hydrogen) atoms. The molecule has 0 heterocycles. The van der Waals surface area contributed by atoms with E-state index in [1.807, 2.05) is 20.8 Å². The van der Waals surface area contributed by atoms with Crippen LogP contribution < -0.4 is 11.1 Å². The number of rotatable bonds is 6. The Morgan fingerprint density at radius 2 is 1.95 bits per heavy atom. The van der Waals surface area contributed by atoms with E-state index in [1.54, 1.807) is 6.92 Å². The van der Waals surface area contributed by atoms with Crippen molar-refractivity contribution < 1.29 is 21.9 Å². The minimum Gasteiger partial charge on any atom is -0.350 e. The molecule has 0 spiro atoms. The second kappa shape index (κ2) is 9.06. The molecule has 0 bridgehead atoms. The molecule has 0 aromatic heterocycles. The van der Waals surface area contributed by atoms with Crippen LogP contribution in [0.3, 0.4) is 0 Å². The first-order valence-electron chi connectivity index (χ1n) is 6.15. The van der Waals surface area contributed by atoms with Gasteiger partial charge in [0.15, 0.2) is 0 Å². The van der Waals surface area contributed by atoms with Gasteiger partial charge in [-0.05, 0) is 41.0 Å². The maximum Gasteiger partial charge on any atom is 0.397 e. The molecule has 120 valence electrons. The monoisotopic (exact) mass is 310 g/mol. The van der Waals surface area contributed by atoms with E-state index < -0.39 is 10.4 Å². The van der Waals surface area contributed by atoms with Gasteiger partial charge in [-0.3, -0.25) is 9.35 Å². The molecular formula is C12H26N2O5S. The summed E-state index contributed by atoms with van der Waals surface area (Å²) in [6.07, 6.45) is 0.756. The molecule has 8 heteroatoms. The lowest BCUT2D eigenvalue weighted by molar-refractivity contribution is -0.118. The van der Waals surface area contributed by atoms with Crippen LogP contribution >= 0.6 is 0 Å². The van der Waals surface area contributed by atoms with Crippen LogP contribution in [-0.2, 0) is 19.4 Å². The van der Waals surface area contributed by atoms with Crippen molar-refractivity contribution in [3.05, 3.63) is 12.2 Å². The zero-order chi connectivity index (χ0) is 16.6. The molecule has 0 saturated heterocycles. The van der Waals surface area contributed by atoms with Crippen molar-refractivity contribution in [3.63, 3.8) is 0 Å².